The first-order valence-electron chi connectivity index (χ1n) is 6.82. The van der Waals surface area contributed by atoms with Gasteiger partial charge in [0, 0.05) is 7.05 Å². The van der Waals surface area contributed by atoms with Gasteiger partial charge in [0.05, 0.1) is 17.9 Å². The van der Waals surface area contributed by atoms with Gasteiger partial charge in [-0.1, -0.05) is 31.9 Å². The highest BCUT2D eigenvalue weighted by Crippen LogP contribution is 2.39. The monoisotopic (exact) mass is 236 g/mol. The molecule has 1 fully saturated rings. The van der Waals surface area contributed by atoms with E-state index in [2.05, 4.69) is 29.5 Å². The first-order valence-corrected chi connectivity index (χ1v) is 6.82. The van der Waals surface area contributed by atoms with Gasteiger partial charge in [-0.25, -0.2) is 0 Å². The van der Waals surface area contributed by atoms with E-state index in [4.69, 9.17) is 0 Å². The Morgan fingerprint density at radius 1 is 1.53 bits per heavy atom. The second-order valence-corrected chi connectivity index (χ2v) is 5.29. The van der Waals surface area contributed by atoms with Crippen LogP contribution in [-0.4, -0.2) is 21.5 Å². The van der Waals surface area contributed by atoms with Crippen molar-refractivity contribution in [2.24, 2.45) is 18.9 Å². The van der Waals surface area contributed by atoms with Crippen LogP contribution in [0.25, 0.3) is 0 Å². The smallest absolute Gasteiger partial charge is 0.0756 e. The second kappa shape index (κ2) is 5.63. The van der Waals surface area contributed by atoms with E-state index >= 15 is 0 Å². The molecule has 17 heavy (non-hydrogen) atoms. The number of aryl methyl sites for hydroxylation is 1. The van der Waals surface area contributed by atoms with Crippen molar-refractivity contribution in [2.75, 3.05) is 6.54 Å². The van der Waals surface area contributed by atoms with Crippen molar-refractivity contribution in [3.05, 3.63) is 11.9 Å². The van der Waals surface area contributed by atoms with Gasteiger partial charge in [0.2, 0.25) is 0 Å². The average Bonchev–Trinajstić information content (AvgIpc) is 2.90. The number of hydrogen-bond donors (Lipinski definition) is 1. The minimum atomic E-state index is 0.424. The van der Waals surface area contributed by atoms with E-state index in [1.165, 1.54) is 31.4 Å². The van der Waals surface area contributed by atoms with E-state index in [-0.39, 0.29) is 0 Å². The standard InChI is InChI=1S/C13H24N4/c1-4-8-14-13(11-7-5-6-10(11)2)12-9-15-16-17(12)3/h9-11,13-14H,4-8H2,1-3H3. The van der Waals surface area contributed by atoms with Crippen molar-refractivity contribution in [1.29, 1.82) is 0 Å². The van der Waals surface area contributed by atoms with Gasteiger partial charge in [-0.15, -0.1) is 5.10 Å². The highest BCUT2D eigenvalue weighted by Gasteiger charge is 2.33. The Bertz CT molecular complexity index is 347. The number of nitrogens with zero attached hydrogens (tertiary/aromatic N) is 3. The molecule has 0 aromatic carbocycles. The number of rotatable bonds is 5. The van der Waals surface area contributed by atoms with Crippen molar-refractivity contribution >= 4 is 0 Å². The summed E-state index contributed by atoms with van der Waals surface area (Å²) < 4.78 is 1.92. The van der Waals surface area contributed by atoms with Gasteiger partial charge in [0.15, 0.2) is 0 Å². The Morgan fingerprint density at radius 3 is 2.88 bits per heavy atom. The van der Waals surface area contributed by atoms with Crippen LogP contribution in [0, 0.1) is 11.8 Å². The van der Waals surface area contributed by atoms with Gasteiger partial charge in [-0.2, -0.15) is 0 Å². The zero-order valence-corrected chi connectivity index (χ0v) is 11.2. The summed E-state index contributed by atoms with van der Waals surface area (Å²) in [6, 6.07) is 0.424. The summed E-state index contributed by atoms with van der Waals surface area (Å²) in [4.78, 5) is 0. The normalized spacial score (nSPS) is 26.3. The minimum absolute atomic E-state index is 0.424. The molecule has 0 spiro atoms. The number of hydrogen-bond acceptors (Lipinski definition) is 3. The van der Waals surface area contributed by atoms with Crippen LogP contribution >= 0.6 is 0 Å². The molecular formula is C13H24N4. The van der Waals surface area contributed by atoms with Crippen molar-refractivity contribution < 1.29 is 0 Å². The van der Waals surface area contributed by atoms with E-state index in [1.807, 2.05) is 17.9 Å². The molecule has 1 N–H and O–H groups in total. The summed E-state index contributed by atoms with van der Waals surface area (Å²) >= 11 is 0. The lowest BCUT2D eigenvalue weighted by molar-refractivity contribution is 0.290. The van der Waals surface area contributed by atoms with Crippen LogP contribution in [0.5, 0.6) is 0 Å². The molecule has 1 aliphatic carbocycles. The average molecular weight is 236 g/mol. The van der Waals surface area contributed by atoms with E-state index in [1.54, 1.807) is 0 Å². The van der Waals surface area contributed by atoms with E-state index in [9.17, 15) is 0 Å². The third-order valence-electron chi connectivity index (χ3n) is 4.04. The molecule has 4 heteroatoms. The zero-order chi connectivity index (χ0) is 12.3. The molecular weight excluding hydrogens is 212 g/mol. The number of aromatic nitrogens is 3. The van der Waals surface area contributed by atoms with Crippen molar-refractivity contribution in [3.63, 3.8) is 0 Å². The van der Waals surface area contributed by atoms with Crippen molar-refractivity contribution in [3.8, 4) is 0 Å². The molecule has 4 nitrogen and oxygen atoms in total. The van der Waals surface area contributed by atoms with Gasteiger partial charge < -0.3 is 5.32 Å². The fraction of sp³-hybridized carbons (Fsp3) is 0.846. The second-order valence-electron chi connectivity index (χ2n) is 5.29. The molecule has 96 valence electrons. The molecule has 1 saturated carbocycles. The first-order chi connectivity index (χ1) is 8.24. The lowest BCUT2D eigenvalue weighted by atomic mass is 9.88. The van der Waals surface area contributed by atoms with E-state index in [0.29, 0.717) is 6.04 Å². The van der Waals surface area contributed by atoms with E-state index in [0.717, 1.165) is 18.4 Å². The topological polar surface area (TPSA) is 42.7 Å². The molecule has 2 rings (SSSR count). The maximum absolute atomic E-state index is 4.07. The summed E-state index contributed by atoms with van der Waals surface area (Å²) in [7, 11) is 1.99. The third-order valence-corrected chi connectivity index (χ3v) is 4.04. The number of nitrogens with one attached hydrogen (secondary N) is 1. The third kappa shape index (κ3) is 2.68. The molecule has 1 heterocycles. The molecule has 0 aliphatic heterocycles. The highest BCUT2D eigenvalue weighted by atomic mass is 15.4. The molecule has 1 aromatic rings. The van der Waals surface area contributed by atoms with Gasteiger partial charge >= 0.3 is 0 Å². The van der Waals surface area contributed by atoms with Crippen LogP contribution in [0.15, 0.2) is 6.20 Å². The zero-order valence-electron chi connectivity index (χ0n) is 11.2. The highest BCUT2D eigenvalue weighted by molar-refractivity contribution is 5.05. The maximum Gasteiger partial charge on any atom is 0.0756 e. The molecule has 3 atom stereocenters. The summed E-state index contributed by atoms with van der Waals surface area (Å²) in [5.74, 6) is 1.54. The summed E-state index contributed by atoms with van der Waals surface area (Å²) in [6.07, 6.45) is 7.14. The van der Waals surface area contributed by atoms with Gasteiger partial charge in [-0.05, 0) is 31.2 Å². The fourth-order valence-electron chi connectivity index (χ4n) is 3.02. The van der Waals surface area contributed by atoms with Crippen LogP contribution < -0.4 is 5.32 Å². The molecule has 0 saturated heterocycles. The van der Waals surface area contributed by atoms with Crippen LogP contribution in [0.2, 0.25) is 0 Å². The lowest BCUT2D eigenvalue weighted by Gasteiger charge is -2.27. The molecule has 1 aliphatic rings. The molecule has 1 aromatic heterocycles. The predicted molar refractivity (Wildman–Crippen MR) is 68.5 cm³/mol. The Morgan fingerprint density at radius 2 is 2.35 bits per heavy atom. The van der Waals surface area contributed by atoms with Crippen LogP contribution in [-0.2, 0) is 7.05 Å². The maximum atomic E-state index is 4.07. The van der Waals surface area contributed by atoms with Gasteiger partial charge in [-0.3, -0.25) is 4.68 Å². The Kier molecular flexibility index (Phi) is 4.15. The minimum Gasteiger partial charge on any atom is -0.308 e. The van der Waals surface area contributed by atoms with E-state index < -0.39 is 0 Å². The lowest BCUT2D eigenvalue weighted by Crippen LogP contribution is -2.31. The summed E-state index contributed by atoms with van der Waals surface area (Å²) in [6.45, 7) is 5.66. The van der Waals surface area contributed by atoms with Crippen LogP contribution in [0.3, 0.4) is 0 Å². The Labute approximate surface area is 104 Å². The molecule has 0 radical (unpaired) electrons. The van der Waals surface area contributed by atoms with Crippen LogP contribution in [0.1, 0.15) is 51.3 Å². The van der Waals surface area contributed by atoms with Gasteiger partial charge in [0.1, 0.15) is 0 Å². The predicted octanol–water partition coefficient (Wildman–Crippen LogP) is 2.29. The first kappa shape index (κ1) is 12.6. The summed E-state index contributed by atoms with van der Waals surface area (Å²) in [5, 5.41) is 11.8. The fourth-order valence-corrected chi connectivity index (χ4v) is 3.02. The summed E-state index contributed by atoms with van der Waals surface area (Å²) in [5.41, 5.74) is 1.23. The SMILES string of the molecule is CCCNC(c1cnnn1C)C1CCCC1C. The quantitative estimate of drug-likeness (QED) is 0.853. The molecule has 0 amide bonds. The molecule has 3 unspecified atom stereocenters. The Hall–Kier alpha value is -0.900. The molecule has 0 bridgehead atoms. The van der Waals surface area contributed by atoms with Crippen molar-refractivity contribution in [1.82, 2.24) is 20.3 Å². The Balaban J connectivity index is 2.15. The largest absolute Gasteiger partial charge is 0.308 e. The van der Waals surface area contributed by atoms with Crippen LogP contribution in [0.4, 0.5) is 0 Å². The van der Waals surface area contributed by atoms with Gasteiger partial charge in [0.25, 0.3) is 0 Å². The van der Waals surface area contributed by atoms with Crippen molar-refractivity contribution in [2.45, 2.75) is 45.6 Å².